The maximum Gasteiger partial charge on any atom is 0.0411 e. The Hall–Kier alpha value is -3.16. The van der Waals surface area contributed by atoms with E-state index in [9.17, 15) is 0 Å². The topological polar surface area (TPSA) is 0 Å². The molecule has 66 heavy (non-hydrogen) atoms. The Morgan fingerprint density at radius 3 is 1.67 bits per heavy atom. The van der Waals surface area contributed by atoms with Crippen LogP contribution in [0.4, 0.5) is 0 Å². The molecule has 6 aliphatic rings. The standard InChI is InChI=1S/C16H28.C15H14.C11H20.C10H14.C9H12.C4H12Si/c1-5-12-13-7-10-16(13)11-14(2,3)8-6-9-15(12,16)4;1-13(15-10-6-3-7-11-15)12-14-8-4-2-5-9-14;1-7-5-9-6-10(8(7)2)11(9,3)4;1-3-9(2)10-7-5-4-6-8-10;1-2-6-9-7-4-3-5-8-9;1-5(2,3)4/h12-13H,5-11H2,1-4H3;2-12H,1H3;7-10H,5-6H2,1-4H3;4-9H,3H2,1-2H3;3-5,7-8H,2,6H2,1H3;1-4H3. The molecule has 10 rings (SSSR count). The third-order valence-corrected chi connectivity index (χ3v) is 17.3. The maximum atomic E-state index is 2.64. The van der Waals surface area contributed by atoms with Crippen molar-refractivity contribution in [3.05, 3.63) is 144 Å². The minimum atomic E-state index is -0.611. The van der Waals surface area contributed by atoms with E-state index in [0.29, 0.717) is 16.7 Å². The number of rotatable bonds is 7. The van der Waals surface area contributed by atoms with Crippen molar-refractivity contribution in [2.24, 2.45) is 57.2 Å². The van der Waals surface area contributed by atoms with Crippen LogP contribution in [-0.4, -0.2) is 8.07 Å². The van der Waals surface area contributed by atoms with Gasteiger partial charge in [-0.15, -0.1) is 0 Å². The molecule has 6 aliphatic carbocycles. The number of fused-ring (bicyclic) bond motifs is 2. The fraction of sp³-hybridized carbons (Fsp3) is 0.600. The van der Waals surface area contributed by atoms with Crippen molar-refractivity contribution in [3.8, 4) is 0 Å². The van der Waals surface area contributed by atoms with Gasteiger partial charge in [0.25, 0.3) is 0 Å². The van der Waals surface area contributed by atoms with E-state index < -0.39 is 8.07 Å². The normalized spacial score (nSPS) is 28.8. The fourth-order valence-corrected chi connectivity index (χ4v) is 13.1. The second-order valence-electron chi connectivity index (χ2n) is 24.9. The monoisotopic (exact) mass is 909 g/mol. The third kappa shape index (κ3) is 14.9. The molecule has 6 fully saturated rings. The Balaban J connectivity index is 0.000000179. The van der Waals surface area contributed by atoms with Crippen molar-refractivity contribution in [2.45, 2.75) is 192 Å². The van der Waals surface area contributed by atoms with Crippen LogP contribution in [0.5, 0.6) is 0 Å². The highest BCUT2D eigenvalue weighted by atomic mass is 28.3. The highest BCUT2D eigenvalue weighted by Crippen LogP contribution is 2.80. The molecule has 1 spiro atoms. The first-order valence-corrected chi connectivity index (χ1v) is 31.0. The summed E-state index contributed by atoms with van der Waals surface area (Å²) in [5.74, 6) is 6.95. The Bertz CT molecular complexity index is 1960. The first-order chi connectivity index (χ1) is 31.1. The van der Waals surface area contributed by atoms with Gasteiger partial charge in [-0.25, -0.2) is 0 Å². The minimum absolute atomic E-state index is 0.611. The van der Waals surface area contributed by atoms with Crippen LogP contribution in [0.25, 0.3) is 11.6 Å². The molecule has 4 aromatic rings. The van der Waals surface area contributed by atoms with E-state index in [1.165, 1.54) is 92.0 Å². The van der Waals surface area contributed by atoms with E-state index in [1.807, 2.05) is 12.1 Å². The SMILES string of the molecule is CC(=Cc1ccccc1)c1ccccc1.CC1CC2CC(C1C)C2(C)C.CCC(C)c1ccccc1.CCC1C2CCC23CC(C)(C)CCCC13C.CCCc1ccccc1.C[Si](C)(C)C. The molecule has 0 aliphatic heterocycles. The molecule has 4 aromatic carbocycles. The Morgan fingerprint density at radius 1 is 0.682 bits per heavy atom. The zero-order valence-corrected chi connectivity index (χ0v) is 46.7. The van der Waals surface area contributed by atoms with Gasteiger partial charge in [0.05, 0.1) is 0 Å². The average molecular weight is 910 g/mol. The lowest BCUT2D eigenvalue weighted by Gasteiger charge is -2.76. The lowest BCUT2D eigenvalue weighted by Crippen LogP contribution is -2.69. The van der Waals surface area contributed by atoms with Crippen molar-refractivity contribution in [2.75, 3.05) is 0 Å². The third-order valence-electron chi connectivity index (χ3n) is 17.3. The Kier molecular flexibility index (Phi) is 20.9. The summed E-state index contributed by atoms with van der Waals surface area (Å²) in [7, 11) is -0.611. The van der Waals surface area contributed by atoms with Crippen molar-refractivity contribution in [1.82, 2.24) is 0 Å². The molecule has 0 nitrogen and oxygen atoms in total. The number of aryl methyl sites for hydroxylation is 1. The van der Waals surface area contributed by atoms with Crippen molar-refractivity contribution in [3.63, 3.8) is 0 Å². The molecule has 364 valence electrons. The Morgan fingerprint density at radius 2 is 1.21 bits per heavy atom. The molecule has 9 unspecified atom stereocenters. The zero-order chi connectivity index (χ0) is 48.8. The summed E-state index contributed by atoms with van der Waals surface area (Å²) in [6, 6.07) is 42.0. The quantitative estimate of drug-likeness (QED) is 0.128. The van der Waals surface area contributed by atoms with Gasteiger partial charge in [-0.2, -0.15) is 0 Å². The van der Waals surface area contributed by atoms with E-state index in [-0.39, 0.29) is 0 Å². The van der Waals surface area contributed by atoms with Crippen LogP contribution in [0.1, 0.15) is 182 Å². The van der Waals surface area contributed by atoms with Crippen LogP contribution in [-0.2, 0) is 6.42 Å². The maximum absolute atomic E-state index is 2.64. The summed E-state index contributed by atoms with van der Waals surface area (Å²) in [4.78, 5) is 0. The van der Waals surface area contributed by atoms with Crippen LogP contribution in [0.15, 0.2) is 121 Å². The zero-order valence-electron chi connectivity index (χ0n) is 45.7. The highest BCUT2D eigenvalue weighted by Gasteiger charge is 2.72. The molecule has 0 aromatic heterocycles. The summed E-state index contributed by atoms with van der Waals surface area (Å²) in [6.45, 7) is 38.0. The van der Waals surface area contributed by atoms with Gasteiger partial charge in [-0.3, -0.25) is 0 Å². The molecular weight excluding hydrogens is 809 g/mol. The molecule has 0 saturated heterocycles. The lowest BCUT2D eigenvalue weighted by atomic mass is 9.28. The first-order valence-electron chi connectivity index (χ1n) is 27.0. The summed E-state index contributed by atoms with van der Waals surface area (Å²) < 4.78 is 0. The molecule has 0 heterocycles. The first kappa shape index (κ1) is 55.4. The van der Waals surface area contributed by atoms with E-state index in [2.05, 4.69) is 225 Å². The van der Waals surface area contributed by atoms with Crippen molar-refractivity contribution >= 4 is 19.7 Å². The second-order valence-corrected chi connectivity index (χ2v) is 30.9. The molecular formula is C65H100Si. The van der Waals surface area contributed by atoms with Crippen LogP contribution in [0, 0.1) is 57.2 Å². The van der Waals surface area contributed by atoms with Crippen LogP contribution in [0.3, 0.4) is 0 Å². The highest BCUT2D eigenvalue weighted by molar-refractivity contribution is 6.74. The Labute approximate surface area is 410 Å². The van der Waals surface area contributed by atoms with Gasteiger partial charge in [0.15, 0.2) is 0 Å². The number of benzene rings is 4. The van der Waals surface area contributed by atoms with Gasteiger partial charge in [-0.05, 0) is 156 Å². The molecule has 0 amide bonds. The van der Waals surface area contributed by atoms with Gasteiger partial charge in [0.1, 0.15) is 0 Å². The number of allylic oxidation sites excluding steroid dienone is 1. The molecule has 1 heteroatoms. The molecule has 0 radical (unpaired) electrons. The predicted octanol–water partition coefficient (Wildman–Crippen LogP) is 20.4. The van der Waals surface area contributed by atoms with Gasteiger partial charge in [-0.1, -0.05) is 249 Å². The van der Waals surface area contributed by atoms with E-state index in [1.54, 1.807) is 12.8 Å². The van der Waals surface area contributed by atoms with E-state index >= 15 is 0 Å². The summed E-state index contributed by atoms with van der Waals surface area (Å²) >= 11 is 0. The van der Waals surface area contributed by atoms with Gasteiger partial charge in [0, 0.05) is 8.07 Å². The average Bonchev–Trinajstić information content (AvgIpc) is 3.39. The molecule has 0 N–H and O–H groups in total. The van der Waals surface area contributed by atoms with Gasteiger partial charge >= 0.3 is 0 Å². The fourth-order valence-electron chi connectivity index (χ4n) is 13.1. The number of hydrogen-bond acceptors (Lipinski definition) is 0. The van der Waals surface area contributed by atoms with Crippen LogP contribution < -0.4 is 0 Å². The smallest absolute Gasteiger partial charge is 0.0411 e. The van der Waals surface area contributed by atoms with Gasteiger partial charge in [0.2, 0.25) is 0 Å². The summed E-state index contributed by atoms with van der Waals surface area (Å²) in [5, 5.41) is 0. The van der Waals surface area contributed by atoms with Crippen LogP contribution in [0.2, 0.25) is 26.2 Å². The summed E-state index contributed by atoms with van der Waals surface area (Å²) in [5.41, 5.74) is 9.53. The van der Waals surface area contributed by atoms with Crippen molar-refractivity contribution in [1.29, 1.82) is 0 Å². The second kappa shape index (κ2) is 24.9. The molecule has 2 bridgehead atoms. The van der Waals surface area contributed by atoms with E-state index in [0.717, 1.165) is 46.3 Å². The molecule has 6 saturated carbocycles. The molecule has 9 atom stereocenters. The van der Waals surface area contributed by atoms with Gasteiger partial charge < -0.3 is 0 Å². The van der Waals surface area contributed by atoms with Crippen molar-refractivity contribution < 1.29 is 0 Å². The summed E-state index contributed by atoms with van der Waals surface area (Å²) in [6.07, 6.45) is 19.4. The lowest BCUT2D eigenvalue weighted by molar-refractivity contribution is -0.276. The predicted molar refractivity (Wildman–Crippen MR) is 299 cm³/mol. The van der Waals surface area contributed by atoms with Crippen LogP contribution >= 0.6 is 0 Å². The number of hydrogen-bond donors (Lipinski definition) is 0. The van der Waals surface area contributed by atoms with E-state index in [4.69, 9.17) is 0 Å². The minimum Gasteiger partial charge on any atom is -0.0697 e. The largest absolute Gasteiger partial charge is 0.0697 e.